The van der Waals surface area contributed by atoms with Crippen molar-refractivity contribution < 1.29 is 9.47 Å². The second kappa shape index (κ2) is 6.45. The first-order chi connectivity index (χ1) is 8.07. The molecule has 0 heterocycles. The maximum Gasteiger partial charge on any atom is 0.204 e. The molecule has 0 aliphatic rings. The Morgan fingerprint density at radius 1 is 1.35 bits per heavy atom. The molecule has 0 saturated carbocycles. The summed E-state index contributed by atoms with van der Waals surface area (Å²) < 4.78 is 11.5. The van der Waals surface area contributed by atoms with Crippen LogP contribution < -0.4 is 4.74 Å². The van der Waals surface area contributed by atoms with Crippen LogP contribution in [-0.4, -0.2) is 12.4 Å². The lowest BCUT2D eigenvalue weighted by Crippen LogP contribution is -2.32. The minimum absolute atomic E-state index is 0.581. The van der Waals surface area contributed by atoms with Crippen LogP contribution >= 0.6 is 0 Å². The van der Waals surface area contributed by atoms with Crippen molar-refractivity contribution in [2.24, 2.45) is 0 Å². The van der Waals surface area contributed by atoms with Crippen molar-refractivity contribution in [3.8, 4) is 5.75 Å². The van der Waals surface area contributed by atoms with Gasteiger partial charge in [0.1, 0.15) is 5.75 Å². The highest BCUT2D eigenvalue weighted by Gasteiger charge is 2.19. The number of ether oxygens (including phenoxy) is 2. The van der Waals surface area contributed by atoms with Gasteiger partial charge in [-0.1, -0.05) is 25.1 Å². The molecule has 0 amide bonds. The van der Waals surface area contributed by atoms with E-state index in [-0.39, 0.29) is 0 Å². The zero-order valence-corrected chi connectivity index (χ0v) is 11.0. The number of allylic oxidation sites excluding steroid dienone is 1. The van der Waals surface area contributed by atoms with Gasteiger partial charge in [0.2, 0.25) is 5.79 Å². The molecule has 0 N–H and O–H groups in total. The maximum atomic E-state index is 5.83. The minimum atomic E-state index is -0.581. The molecule has 2 nitrogen and oxygen atoms in total. The summed E-state index contributed by atoms with van der Waals surface area (Å²) in [4.78, 5) is 0. The lowest BCUT2D eigenvalue weighted by molar-refractivity contribution is -0.156. The number of hydrogen-bond donors (Lipinski definition) is 0. The van der Waals surface area contributed by atoms with Gasteiger partial charge in [-0.2, -0.15) is 0 Å². The van der Waals surface area contributed by atoms with E-state index in [1.807, 2.05) is 38.1 Å². The van der Waals surface area contributed by atoms with Crippen molar-refractivity contribution in [3.63, 3.8) is 0 Å². The second-order valence-electron chi connectivity index (χ2n) is 4.49. The highest BCUT2D eigenvalue weighted by atomic mass is 16.7. The quantitative estimate of drug-likeness (QED) is 0.525. The highest BCUT2D eigenvalue weighted by Crippen LogP contribution is 2.21. The smallest absolute Gasteiger partial charge is 0.204 e. The lowest BCUT2D eigenvalue weighted by atomic mass is 10.1. The third kappa shape index (κ3) is 5.05. The fraction of sp³-hybridized carbons (Fsp3) is 0.467. The average Bonchev–Trinajstić information content (AvgIpc) is 2.27. The van der Waals surface area contributed by atoms with E-state index in [0.29, 0.717) is 6.61 Å². The van der Waals surface area contributed by atoms with Crippen molar-refractivity contribution in [2.75, 3.05) is 6.61 Å². The molecule has 1 aromatic carbocycles. The first-order valence-corrected chi connectivity index (χ1v) is 6.10. The Labute approximate surface area is 104 Å². The third-order valence-corrected chi connectivity index (χ3v) is 2.30. The number of hydrogen-bond acceptors (Lipinski definition) is 2. The molecule has 0 unspecified atom stereocenters. The fourth-order valence-electron chi connectivity index (χ4n) is 1.56. The second-order valence-corrected chi connectivity index (χ2v) is 4.49. The summed E-state index contributed by atoms with van der Waals surface area (Å²) in [6.07, 6.45) is 3.73. The predicted molar refractivity (Wildman–Crippen MR) is 71.3 cm³/mol. The van der Waals surface area contributed by atoms with E-state index in [1.54, 1.807) is 0 Å². The standard InChI is InChI=1S/C15H22O2/c1-5-8-13-9-7-10-14(12-13)17-15(3,4)16-11-6-2/h5,7,9-10,12H,1,6,8,11H2,2-4H3. The van der Waals surface area contributed by atoms with Crippen LogP contribution in [0.15, 0.2) is 36.9 Å². The van der Waals surface area contributed by atoms with E-state index in [2.05, 4.69) is 19.6 Å². The summed E-state index contributed by atoms with van der Waals surface area (Å²) in [5.41, 5.74) is 1.20. The van der Waals surface area contributed by atoms with Gasteiger partial charge in [-0.15, -0.1) is 6.58 Å². The molecular formula is C15H22O2. The average molecular weight is 234 g/mol. The van der Waals surface area contributed by atoms with Crippen LogP contribution in [0, 0.1) is 0 Å². The fourth-order valence-corrected chi connectivity index (χ4v) is 1.56. The van der Waals surface area contributed by atoms with E-state index < -0.39 is 5.79 Å². The van der Waals surface area contributed by atoms with Crippen molar-refractivity contribution in [3.05, 3.63) is 42.5 Å². The van der Waals surface area contributed by atoms with E-state index in [4.69, 9.17) is 9.47 Å². The van der Waals surface area contributed by atoms with Crippen LogP contribution in [0.25, 0.3) is 0 Å². The molecule has 1 aromatic rings. The monoisotopic (exact) mass is 234 g/mol. The molecule has 0 spiro atoms. The molecule has 0 bridgehead atoms. The Morgan fingerprint density at radius 3 is 2.76 bits per heavy atom. The Kier molecular flexibility index (Phi) is 5.23. The van der Waals surface area contributed by atoms with Crippen LogP contribution in [0.2, 0.25) is 0 Å². The van der Waals surface area contributed by atoms with E-state index in [1.165, 1.54) is 5.56 Å². The summed E-state index contributed by atoms with van der Waals surface area (Å²) in [5.74, 6) is 0.258. The van der Waals surface area contributed by atoms with E-state index >= 15 is 0 Å². The van der Waals surface area contributed by atoms with Gasteiger partial charge < -0.3 is 9.47 Å². The minimum Gasteiger partial charge on any atom is -0.463 e. The van der Waals surface area contributed by atoms with E-state index in [0.717, 1.165) is 18.6 Å². The van der Waals surface area contributed by atoms with Crippen molar-refractivity contribution in [1.82, 2.24) is 0 Å². The Balaban J connectivity index is 2.66. The molecule has 17 heavy (non-hydrogen) atoms. The van der Waals surface area contributed by atoms with Gasteiger partial charge in [0, 0.05) is 13.8 Å². The van der Waals surface area contributed by atoms with E-state index in [9.17, 15) is 0 Å². The summed E-state index contributed by atoms with van der Waals surface area (Å²) in [6, 6.07) is 8.03. The zero-order valence-electron chi connectivity index (χ0n) is 11.0. The predicted octanol–water partition coefficient (Wildman–Crippen LogP) is 3.96. The largest absolute Gasteiger partial charge is 0.463 e. The summed E-state index contributed by atoms with van der Waals surface area (Å²) >= 11 is 0. The topological polar surface area (TPSA) is 18.5 Å². The molecule has 0 saturated heterocycles. The van der Waals surface area contributed by atoms with Gasteiger partial charge in [-0.05, 0) is 30.5 Å². The Bertz CT molecular complexity index is 356. The van der Waals surface area contributed by atoms with Gasteiger partial charge in [-0.3, -0.25) is 0 Å². The summed E-state index contributed by atoms with van der Waals surface area (Å²) in [5, 5.41) is 0. The van der Waals surface area contributed by atoms with Gasteiger partial charge in [0.05, 0.1) is 6.61 Å². The SMILES string of the molecule is C=CCc1cccc(OC(C)(C)OCCC)c1. The first-order valence-electron chi connectivity index (χ1n) is 6.10. The Morgan fingerprint density at radius 2 is 2.12 bits per heavy atom. The van der Waals surface area contributed by atoms with Gasteiger partial charge in [0.25, 0.3) is 0 Å². The number of rotatable bonds is 7. The van der Waals surface area contributed by atoms with Crippen molar-refractivity contribution >= 4 is 0 Å². The molecule has 0 aromatic heterocycles. The normalized spacial score (nSPS) is 11.2. The van der Waals surface area contributed by atoms with Crippen LogP contribution in [0.5, 0.6) is 5.75 Å². The maximum absolute atomic E-state index is 5.83. The Hall–Kier alpha value is -1.28. The molecule has 1 rings (SSSR count). The molecule has 0 aliphatic carbocycles. The molecular weight excluding hydrogens is 212 g/mol. The summed E-state index contributed by atoms with van der Waals surface area (Å²) in [7, 11) is 0. The molecule has 0 atom stereocenters. The molecule has 0 aliphatic heterocycles. The van der Waals surface area contributed by atoms with Gasteiger partial charge in [-0.25, -0.2) is 0 Å². The van der Waals surface area contributed by atoms with Crippen LogP contribution in [0.3, 0.4) is 0 Å². The van der Waals surface area contributed by atoms with Crippen molar-refractivity contribution in [1.29, 1.82) is 0 Å². The van der Waals surface area contributed by atoms with Crippen molar-refractivity contribution in [2.45, 2.75) is 39.4 Å². The highest BCUT2D eigenvalue weighted by molar-refractivity contribution is 5.29. The lowest BCUT2D eigenvalue weighted by Gasteiger charge is -2.26. The van der Waals surface area contributed by atoms with Gasteiger partial charge in [0.15, 0.2) is 0 Å². The van der Waals surface area contributed by atoms with Crippen LogP contribution in [0.4, 0.5) is 0 Å². The summed E-state index contributed by atoms with van der Waals surface area (Å²) in [6.45, 7) is 10.4. The molecule has 0 fully saturated rings. The molecule has 2 heteroatoms. The van der Waals surface area contributed by atoms with Gasteiger partial charge >= 0.3 is 0 Å². The zero-order chi connectivity index (χ0) is 12.7. The van der Waals surface area contributed by atoms with Crippen LogP contribution in [0.1, 0.15) is 32.8 Å². The molecule has 0 radical (unpaired) electrons. The molecule has 94 valence electrons. The number of benzene rings is 1. The van der Waals surface area contributed by atoms with Crippen LogP contribution in [-0.2, 0) is 11.2 Å². The third-order valence-electron chi connectivity index (χ3n) is 2.30. The first kappa shape index (κ1) is 13.8.